The lowest BCUT2D eigenvalue weighted by molar-refractivity contribution is -0.137. The van der Waals surface area contributed by atoms with Gasteiger partial charge in [0.25, 0.3) is 11.3 Å². The number of thiazole rings is 1. The van der Waals surface area contributed by atoms with E-state index in [4.69, 9.17) is 0 Å². The number of carbonyl (C=O) groups is 2. The highest BCUT2D eigenvalue weighted by atomic mass is 32.1. The summed E-state index contributed by atoms with van der Waals surface area (Å²) in [4.78, 5) is 39.5. The van der Waals surface area contributed by atoms with Gasteiger partial charge in [-0.1, -0.05) is 0 Å². The second-order valence-electron chi connectivity index (χ2n) is 3.52. The highest BCUT2D eigenvalue weighted by Crippen LogP contribution is 2.11. The first-order valence-corrected chi connectivity index (χ1v) is 6.11. The van der Waals surface area contributed by atoms with E-state index in [1.165, 1.54) is 15.7 Å². The number of rotatable bonds is 3. The fourth-order valence-corrected chi connectivity index (χ4v) is 2.31. The van der Waals surface area contributed by atoms with Crippen LogP contribution in [0.4, 0.5) is 0 Å². The van der Waals surface area contributed by atoms with Crippen LogP contribution in [0.2, 0.25) is 0 Å². The summed E-state index contributed by atoms with van der Waals surface area (Å²) >= 11 is 1.29. The van der Waals surface area contributed by atoms with Crippen LogP contribution in [0.3, 0.4) is 0 Å². The molecule has 6 nitrogen and oxygen atoms in total. The Morgan fingerprint density at radius 3 is 2.89 bits per heavy atom. The fourth-order valence-electron chi connectivity index (χ4n) is 1.49. The molecule has 0 saturated heterocycles. The summed E-state index contributed by atoms with van der Waals surface area (Å²) in [6.45, 7) is 3.40. The summed E-state index contributed by atoms with van der Waals surface area (Å²) in [5.41, 5.74) is -0.143. The van der Waals surface area contributed by atoms with Crippen molar-refractivity contribution in [2.75, 3.05) is 6.61 Å². The topological polar surface area (TPSA) is 77.7 Å². The third kappa shape index (κ3) is 1.92. The van der Waals surface area contributed by atoms with Gasteiger partial charge >= 0.3 is 5.97 Å². The highest BCUT2D eigenvalue weighted by Gasteiger charge is 2.22. The van der Waals surface area contributed by atoms with Crippen LogP contribution < -0.4 is 5.56 Å². The van der Waals surface area contributed by atoms with Crippen molar-refractivity contribution in [2.24, 2.45) is 0 Å². The van der Waals surface area contributed by atoms with Crippen LogP contribution in [0.5, 0.6) is 0 Å². The Hall–Kier alpha value is -2.02. The van der Waals surface area contributed by atoms with E-state index in [1.54, 1.807) is 19.2 Å². The molecule has 0 N–H and O–H groups in total. The minimum Gasteiger partial charge on any atom is -0.460 e. The summed E-state index contributed by atoms with van der Waals surface area (Å²) in [6, 6.07) is 0. The molecule has 0 bridgehead atoms. The lowest BCUT2D eigenvalue weighted by Crippen LogP contribution is -2.28. The zero-order chi connectivity index (χ0) is 13.3. The average Bonchev–Trinajstić information content (AvgIpc) is 2.72. The number of hydrogen-bond donors (Lipinski definition) is 0. The Labute approximate surface area is 106 Å². The summed E-state index contributed by atoms with van der Waals surface area (Å²) in [6.07, 6.45) is 1.12. The van der Waals surface area contributed by atoms with E-state index < -0.39 is 17.3 Å². The summed E-state index contributed by atoms with van der Waals surface area (Å²) in [5, 5.41) is 1.75. The second-order valence-corrected chi connectivity index (χ2v) is 4.36. The average molecular weight is 266 g/mol. The third-order valence-corrected chi connectivity index (χ3v) is 3.28. The van der Waals surface area contributed by atoms with E-state index in [0.29, 0.717) is 10.7 Å². The molecule has 94 valence electrons. The van der Waals surface area contributed by atoms with Crippen LogP contribution in [-0.2, 0) is 9.53 Å². The third-order valence-electron chi connectivity index (χ3n) is 2.32. The van der Waals surface area contributed by atoms with Gasteiger partial charge in [-0.2, -0.15) is 0 Å². The number of aromatic nitrogens is 2. The molecule has 2 aromatic heterocycles. The molecule has 0 amide bonds. The predicted octanol–water partition coefficient (Wildman–Crippen LogP) is 0.810. The van der Waals surface area contributed by atoms with Crippen LogP contribution in [0, 0.1) is 6.92 Å². The van der Waals surface area contributed by atoms with Gasteiger partial charge < -0.3 is 4.74 Å². The largest absolute Gasteiger partial charge is 0.460 e. The zero-order valence-electron chi connectivity index (χ0n) is 9.80. The zero-order valence-corrected chi connectivity index (χ0v) is 10.6. The number of fused-ring (bicyclic) bond motifs is 1. The maximum Gasteiger partial charge on any atom is 0.379 e. The molecule has 0 aliphatic carbocycles. The quantitative estimate of drug-likeness (QED) is 0.466. The van der Waals surface area contributed by atoms with Crippen LogP contribution >= 0.6 is 11.3 Å². The molecular weight excluding hydrogens is 256 g/mol. The Kier molecular flexibility index (Phi) is 3.24. The number of ether oxygens (including phenoxy) is 1. The lowest BCUT2D eigenvalue weighted by atomic mass is 10.2. The van der Waals surface area contributed by atoms with Gasteiger partial charge in [-0.3, -0.25) is 14.0 Å². The van der Waals surface area contributed by atoms with Gasteiger partial charge in [-0.25, -0.2) is 9.78 Å². The van der Waals surface area contributed by atoms with Gasteiger partial charge in [0.2, 0.25) is 0 Å². The molecule has 0 fully saturated rings. The van der Waals surface area contributed by atoms with E-state index in [-0.39, 0.29) is 12.2 Å². The SMILES string of the molecule is CCOC(=O)C(=O)c1cnc2scc(C)n2c1=O. The number of Topliss-reactive ketones (excluding diaryl/α,β-unsaturated/α-hetero) is 1. The number of nitrogens with zero attached hydrogens (tertiary/aromatic N) is 2. The number of esters is 1. The normalized spacial score (nSPS) is 10.6. The maximum atomic E-state index is 12.1. The molecule has 0 radical (unpaired) electrons. The molecule has 0 aromatic carbocycles. The van der Waals surface area contributed by atoms with Gasteiger partial charge in [-0.05, 0) is 13.8 Å². The maximum absolute atomic E-state index is 12.1. The van der Waals surface area contributed by atoms with Gasteiger partial charge in [0.15, 0.2) is 4.96 Å². The van der Waals surface area contributed by atoms with Crippen LogP contribution in [0.1, 0.15) is 23.0 Å². The number of hydrogen-bond acceptors (Lipinski definition) is 6. The number of aryl methyl sites for hydroxylation is 1. The van der Waals surface area contributed by atoms with E-state index in [1.807, 2.05) is 0 Å². The molecular formula is C11H10N2O4S. The van der Waals surface area contributed by atoms with Crippen LogP contribution in [-0.4, -0.2) is 27.7 Å². The molecule has 7 heteroatoms. The number of carbonyl (C=O) groups excluding carboxylic acids is 2. The monoisotopic (exact) mass is 266 g/mol. The molecule has 0 aliphatic rings. The second kappa shape index (κ2) is 4.69. The first kappa shape index (κ1) is 12.4. The smallest absolute Gasteiger partial charge is 0.379 e. The lowest BCUT2D eigenvalue weighted by Gasteiger charge is -2.01. The van der Waals surface area contributed by atoms with Crippen molar-refractivity contribution in [2.45, 2.75) is 13.8 Å². The first-order chi connectivity index (χ1) is 8.56. The van der Waals surface area contributed by atoms with Crippen molar-refractivity contribution in [1.29, 1.82) is 0 Å². The van der Waals surface area contributed by atoms with Crippen molar-refractivity contribution in [3.8, 4) is 0 Å². The Bertz CT molecular complexity index is 686. The molecule has 2 aromatic rings. The predicted molar refractivity (Wildman–Crippen MR) is 65.0 cm³/mol. The van der Waals surface area contributed by atoms with E-state index in [9.17, 15) is 14.4 Å². The molecule has 0 unspecified atom stereocenters. The Balaban J connectivity index is 2.56. The molecule has 0 saturated carbocycles. The van der Waals surface area contributed by atoms with Gasteiger partial charge in [0.05, 0.1) is 6.61 Å². The minimum atomic E-state index is -1.04. The van der Waals surface area contributed by atoms with Crippen molar-refractivity contribution >= 4 is 28.1 Å². The highest BCUT2D eigenvalue weighted by molar-refractivity contribution is 7.15. The summed E-state index contributed by atoms with van der Waals surface area (Å²) in [5.74, 6) is -2.00. The standard InChI is InChI=1S/C11H10N2O4S/c1-3-17-10(16)8(14)7-4-12-11-13(9(7)15)6(2)5-18-11/h4-5H,3H2,1-2H3. The molecule has 18 heavy (non-hydrogen) atoms. The van der Waals surface area contributed by atoms with E-state index in [2.05, 4.69) is 9.72 Å². The van der Waals surface area contributed by atoms with Crippen molar-refractivity contribution in [3.05, 3.63) is 33.2 Å². The molecule has 2 rings (SSSR count). The van der Waals surface area contributed by atoms with Crippen molar-refractivity contribution in [1.82, 2.24) is 9.38 Å². The minimum absolute atomic E-state index is 0.0824. The van der Waals surface area contributed by atoms with Gasteiger partial charge in [-0.15, -0.1) is 11.3 Å². The summed E-state index contributed by atoms with van der Waals surface area (Å²) in [7, 11) is 0. The molecule has 0 aliphatic heterocycles. The van der Waals surface area contributed by atoms with Gasteiger partial charge in [0.1, 0.15) is 5.56 Å². The van der Waals surface area contributed by atoms with Crippen molar-refractivity contribution < 1.29 is 14.3 Å². The van der Waals surface area contributed by atoms with E-state index >= 15 is 0 Å². The molecule has 2 heterocycles. The number of ketones is 1. The van der Waals surface area contributed by atoms with Crippen LogP contribution in [0.15, 0.2) is 16.4 Å². The van der Waals surface area contributed by atoms with E-state index in [0.717, 1.165) is 6.20 Å². The first-order valence-electron chi connectivity index (χ1n) is 5.23. The van der Waals surface area contributed by atoms with Crippen LogP contribution in [0.25, 0.3) is 4.96 Å². The van der Waals surface area contributed by atoms with Crippen molar-refractivity contribution in [3.63, 3.8) is 0 Å². The Morgan fingerprint density at radius 2 is 2.22 bits per heavy atom. The molecule has 0 spiro atoms. The molecule has 0 atom stereocenters. The van der Waals surface area contributed by atoms with Gasteiger partial charge in [0, 0.05) is 17.3 Å². The summed E-state index contributed by atoms with van der Waals surface area (Å²) < 4.78 is 5.88. The fraction of sp³-hybridized carbons (Fsp3) is 0.273. The Morgan fingerprint density at radius 1 is 1.50 bits per heavy atom.